The molecule has 0 amide bonds. The van der Waals surface area contributed by atoms with Crippen LogP contribution in [0.5, 0.6) is 0 Å². The Morgan fingerprint density at radius 2 is 2.04 bits per heavy atom. The van der Waals surface area contributed by atoms with Crippen molar-refractivity contribution in [2.45, 2.75) is 6.92 Å². The van der Waals surface area contributed by atoms with Gasteiger partial charge in [-0.05, 0) is 36.8 Å². The maximum atomic E-state index is 14.4. The molecular formula is C17H16FN5. The van der Waals surface area contributed by atoms with Crippen molar-refractivity contribution in [2.75, 3.05) is 17.7 Å². The highest BCUT2D eigenvalue weighted by atomic mass is 19.1. The summed E-state index contributed by atoms with van der Waals surface area (Å²) in [5.74, 6) is -0.437. The lowest BCUT2D eigenvalue weighted by molar-refractivity contribution is 0.626. The second-order valence-corrected chi connectivity index (χ2v) is 5.55. The molecule has 0 atom stereocenters. The Labute approximate surface area is 133 Å². The number of anilines is 3. The third-order valence-electron chi connectivity index (χ3n) is 3.95. The number of halogens is 1. The molecule has 1 heterocycles. The van der Waals surface area contributed by atoms with E-state index in [0.29, 0.717) is 22.5 Å². The molecule has 0 aliphatic carbocycles. The molecule has 2 aromatic carbocycles. The fraction of sp³-hybridized carbons (Fsp3) is 0.176. The number of hydrogen-bond acceptors (Lipinski definition) is 4. The predicted octanol–water partition coefficient (Wildman–Crippen LogP) is 3.24. The van der Waals surface area contributed by atoms with Crippen LogP contribution in [-0.4, -0.2) is 16.6 Å². The van der Waals surface area contributed by atoms with Crippen LogP contribution in [0.3, 0.4) is 0 Å². The van der Waals surface area contributed by atoms with Crippen molar-refractivity contribution < 1.29 is 4.39 Å². The monoisotopic (exact) mass is 309 g/mol. The summed E-state index contributed by atoms with van der Waals surface area (Å²) < 4.78 is 16.3. The number of rotatable bonds is 2. The topological polar surface area (TPSA) is 70.9 Å². The van der Waals surface area contributed by atoms with Gasteiger partial charge in [0.05, 0.1) is 34.9 Å². The highest BCUT2D eigenvalue weighted by Crippen LogP contribution is 2.34. The molecule has 23 heavy (non-hydrogen) atoms. The number of aryl methyl sites for hydroxylation is 2. The van der Waals surface area contributed by atoms with E-state index >= 15 is 0 Å². The van der Waals surface area contributed by atoms with Crippen LogP contribution >= 0.6 is 0 Å². The Morgan fingerprint density at radius 3 is 2.70 bits per heavy atom. The molecule has 5 nitrogen and oxygen atoms in total. The van der Waals surface area contributed by atoms with Gasteiger partial charge in [-0.3, -0.25) is 0 Å². The molecule has 0 unspecified atom stereocenters. The molecular weight excluding hydrogens is 293 g/mol. The Balaban J connectivity index is 2.16. The third kappa shape index (κ3) is 2.36. The molecule has 0 spiro atoms. The van der Waals surface area contributed by atoms with Crippen LogP contribution in [0, 0.1) is 24.1 Å². The zero-order valence-electron chi connectivity index (χ0n) is 13.1. The normalized spacial score (nSPS) is 10.7. The molecule has 0 aliphatic rings. The first-order chi connectivity index (χ1) is 10.9. The lowest BCUT2D eigenvalue weighted by atomic mass is 10.1. The van der Waals surface area contributed by atoms with E-state index in [1.54, 1.807) is 37.3 Å². The van der Waals surface area contributed by atoms with E-state index in [1.165, 1.54) is 6.07 Å². The van der Waals surface area contributed by atoms with Gasteiger partial charge >= 0.3 is 0 Å². The number of hydrogen-bond donors (Lipinski definition) is 1. The van der Waals surface area contributed by atoms with Crippen molar-refractivity contribution in [2.24, 2.45) is 7.05 Å². The Hall–Kier alpha value is -3.07. The van der Waals surface area contributed by atoms with Crippen molar-refractivity contribution in [3.63, 3.8) is 0 Å². The molecule has 116 valence electrons. The van der Waals surface area contributed by atoms with Crippen LogP contribution in [0.25, 0.3) is 11.0 Å². The number of benzene rings is 2. The molecule has 0 saturated carbocycles. The van der Waals surface area contributed by atoms with Gasteiger partial charge in [0.2, 0.25) is 0 Å². The predicted molar refractivity (Wildman–Crippen MR) is 89.0 cm³/mol. The van der Waals surface area contributed by atoms with Gasteiger partial charge in [-0.15, -0.1) is 0 Å². The van der Waals surface area contributed by atoms with E-state index in [4.69, 9.17) is 11.0 Å². The van der Waals surface area contributed by atoms with E-state index < -0.39 is 5.82 Å². The summed E-state index contributed by atoms with van der Waals surface area (Å²) in [5.41, 5.74) is 10.4. The van der Waals surface area contributed by atoms with E-state index in [2.05, 4.69) is 4.98 Å². The molecule has 0 radical (unpaired) electrons. The van der Waals surface area contributed by atoms with E-state index in [9.17, 15) is 4.39 Å². The van der Waals surface area contributed by atoms with Crippen molar-refractivity contribution >= 4 is 28.1 Å². The summed E-state index contributed by atoms with van der Waals surface area (Å²) in [7, 11) is 3.65. The van der Waals surface area contributed by atoms with Gasteiger partial charge < -0.3 is 15.2 Å². The first kappa shape index (κ1) is 14.9. The van der Waals surface area contributed by atoms with Crippen LogP contribution in [-0.2, 0) is 7.05 Å². The fourth-order valence-electron chi connectivity index (χ4n) is 2.79. The molecule has 0 fully saturated rings. The number of fused-ring (bicyclic) bond motifs is 1. The molecule has 2 N–H and O–H groups in total. The first-order valence-electron chi connectivity index (χ1n) is 7.07. The van der Waals surface area contributed by atoms with E-state index in [0.717, 1.165) is 16.7 Å². The van der Waals surface area contributed by atoms with Crippen molar-refractivity contribution in [3.05, 3.63) is 47.5 Å². The number of aromatic nitrogens is 2. The smallest absolute Gasteiger partial charge is 0.148 e. The lowest BCUT2D eigenvalue weighted by Gasteiger charge is -2.23. The summed E-state index contributed by atoms with van der Waals surface area (Å²) >= 11 is 0. The van der Waals surface area contributed by atoms with Gasteiger partial charge in [0.1, 0.15) is 11.3 Å². The van der Waals surface area contributed by atoms with Crippen molar-refractivity contribution in [3.8, 4) is 6.07 Å². The average molecular weight is 309 g/mol. The van der Waals surface area contributed by atoms with Gasteiger partial charge in [0, 0.05) is 19.8 Å². The summed E-state index contributed by atoms with van der Waals surface area (Å²) in [6.07, 6.45) is 1.69. The highest BCUT2D eigenvalue weighted by molar-refractivity contribution is 5.92. The number of nitrogens with two attached hydrogens (primary N) is 1. The standard InChI is InChI=1S/C17H16FN5/c1-10-4-11(8-19)5-13(18)17(10)23(3)12-6-14(20)16-15(7-12)22(2)9-21-16/h4-7,9H,20H2,1-3H3. The molecule has 3 rings (SSSR count). The quantitative estimate of drug-likeness (QED) is 0.738. The number of nitrogens with zero attached hydrogens (tertiary/aromatic N) is 4. The molecule has 0 saturated heterocycles. The zero-order chi connectivity index (χ0) is 16.7. The van der Waals surface area contributed by atoms with Gasteiger partial charge in [-0.1, -0.05) is 0 Å². The third-order valence-corrected chi connectivity index (χ3v) is 3.95. The van der Waals surface area contributed by atoms with E-state index in [1.807, 2.05) is 23.8 Å². The molecule has 3 aromatic rings. The molecule has 0 aliphatic heterocycles. The largest absolute Gasteiger partial charge is 0.397 e. The summed E-state index contributed by atoms with van der Waals surface area (Å²) in [6.45, 7) is 1.78. The van der Waals surface area contributed by atoms with Crippen LogP contribution in [0.1, 0.15) is 11.1 Å². The second-order valence-electron chi connectivity index (χ2n) is 5.55. The number of imidazole rings is 1. The number of nitrogen functional groups attached to an aromatic ring is 1. The Kier molecular flexibility index (Phi) is 3.41. The van der Waals surface area contributed by atoms with Gasteiger partial charge in [-0.2, -0.15) is 5.26 Å². The Bertz CT molecular complexity index is 929. The molecule has 0 bridgehead atoms. The van der Waals surface area contributed by atoms with Crippen LogP contribution < -0.4 is 10.6 Å². The SMILES string of the molecule is Cc1cc(C#N)cc(F)c1N(C)c1cc(N)c2ncn(C)c2c1. The minimum atomic E-state index is -0.437. The summed E-state index contributed by atoms with van der Waals surface area (Å²) in [4.78, 5) is 5.99. The van der Waals surface area contributed by atoms with Crippen LogP contribution in [0.15, 0.2) is 30.6 Å². The molecule has 1 aromatic heterocycles. The van der Waals surface area contributed by atoms with Gasteiger partial charge in [-0.25, -0.2) is 9.37 Å². The zero-order valence-corrected chi connectivity index (χ0v) is 13.1. The summed E-state index contributed by atoms with van der Waals surface area (Å²) in [6, 6.07) is 8.55. The lowest BCUT2D eigenvalue weighted by Crippen LogP contribution is -2.13. The minimum Gasteiger partial charge on any atom is -0.397 e. The van der Waals surface area contributed by atoms with Crippen molar-refractivity contribution in [1.82, 2.24) is 9.55 Å². The minimum absolute atomic E-state index is 0.304. The van der Waals surface area contributed by atoms with Gasteiger partial charge in [0.15, 0.2) is 0 Å². The van der Waals surface area contributed by atoms with E-state index in [-0.39, 0.29) is 0 Å². The average Bonchev–Trinajstić information content (AvgIpc) is 2.88. The maximum Gasteiger partial charge on any atom is 0.148 e. The fourth-order valence-corrected chi connectivity index (χ4v) is 2.79. The summed E-state index contributed by atoms with van der Waals surface area (Å²) in [5, 5.41) is 8.94. The Morgan fingerprint density at radius 1 is 1.30 bits per heavy atom. The van der Waals surface area contributed by atoms with Gasteiger partial charge in [0.25, 0.3) is 0 Å². The molecule has 6 heteroatoms. The van der Waals surface area contributed by atoms with Crippen LogP contribution in [0.2, 0.25) is 0 Å². The highest BCUT2D eigenvalue weighted by Gasteiger charge is 2.16. The maximum absolute atomic E-state index is 14.4. The van der Waals surface area contributed by atoms with Crippen molar-refractivity contribution in [1.29, 1.82) is 5.26 Å². The second kappa shape index (κ2) is 5.29. The number of nitriles is 1. The van der Waals surface area contributed by atoms with Crippen LogP contribution in [0.4, 0.5) is 21.5 Å². The first-order valence-corrected chi connectivity index (χ1v) is 7.07.